The van der Waals surface area contributed by atoms with E-state index in [4.69, 9.17) is 5.11 Å². The van der Waals surface area contributed by atoms with Crippen molar-refractivity contribution in [2.45, 2.75) is 33.7 Å². The number of hydrogen-bond acceptors (Lipinski definition) is 2. The van der Waals surface area contributed by atoms with Crippen LogP contribution in [0, 0.1) is 12.3 Å². The molecular formula is C15H22N2O3. The van der Waals surface area contributed by atoms with Gasteiger partial charge < -0.3 is 15.7 Å². The van der Waals surface area contributed by atoms with Crippen molar-refractivity contribution in [3.8, 4) is 0 Å². The van der Waals surface area contributed by atoms with E-state index in [-0.39, 0.29) is 18.6 Å². The lowest BCUT2D eigenvalue weighted by Gasteiger charge is -2.21. The van der Waals surface area contributed by atoms with Gasteiger partial charge in [0, 0.05) is 6.54 Å². The van der Waals surface area contributed by atoms with Crippen LogP contribution in [0.25, 0.3) is 0 Å². The Bertz CT molecular complexity index is 498. The van der Waals surface area contributed by atoms with E-state index in [1.54, 1.807) is 13.8 Å². The van der Waals surface area contributed by atoms with Crippen LogP contribution in [0.1, 0.15) is 37.9 Å². The van der Waals surface area contributed by atoms with Crippen LogP contribution in [0.2, 0.25) is 0 Å². The largest absolute Gasteiger partial charge is 0.481 e. The monoisotopic (exact) mass is 278 g/mol. The molecule has 0 spiro atoms. The normalized spacial score (nSPS) is 12.6. The molecule has 1 atom stereocenters. The summed E-state index contributed by atoms with van der Waals surface area (Å²) in [6.45, 7) is 7.10. The van der Waals surface area contributed by atoms with Crippen LogP contribution in [0.5, 0.6) is 0 Å². The summed E-state index contributed by atoms with van der Waals surface area (Å²) in [5.41, 5.74) is 1.16. The average molecular weight is 278 g/mol. The van der Waals surface area contributed by atoms with Crippen molar-refractivity contribution in [2.75, 3.05) is 6.54 Å². The van der Waals surface area contributed by atoms with Gasteiger partial charge in [0.2, 0.25) is 0 Å². The molecule has 1 aromatic rings. The van der Waals surface area contributed by atoms with E-state index in [2.05, 4.69) is 10.6 Å². The molecule has 0 saturated carbocycles. The topological polar surface area (TPSA) is 78.4 Å². The molecule has 0 aromatic heterocycles. The van der Waals surface area contributed by atoms with Gasteiger partial charge in [-0.2, -0.15) is 0 Å². The first-order chi connectivity index (χ1) is 9.24. The second-order valence-corrected chi connectivity index (χ2v) is 5.59. The number of urea groups is 1. The van der Waals surface area contributed by atoms with Crippen molar-refractivity contribution in [2.24, 2.45) is 5.41 Å². The highest BCUT2D eigenvalue weighted by atomic mass is 16.4. The number of hydrogen-bond donors (Lipinski definition) is 3. The third-order valence-corrected chi connectivity index (χ3v) is 3.27. The van der Waals surface area contributed by atoms with Crippen LogP contribution >= 0.6 is 0 Å². The molecule has 1 aromatic carbocycles. The van der Waals surface area contributed by atoms with E-state index >= 15 is 0 Å². The number of carboxylic acid groups (broad SMARTS) is 1. The second-order valence-electron chi connectivity index (χ2n) is 5.59. The molecule has 5 heteroatoms. The minimum Gasteiger partial charge on any atom is -0.481 e. The summed E-state index contributed by atoms with van der Waals surface area (Å²) in [4.78, 5) is 22.7. The van der Waals surface area contributed by atoms with E-state index in [1.807, 2.05) is 38.1 Å². The Morgan fingerprint density at radius 3 is 2.45 bits per heavy atom. The zero-order valence-electron chi connectivity index (χ0n) is 12.4. The molecule has 3 N–H and O–H groups in total. The number of aliphatic carboxylic acids is 1. The highest BCUT2D eigenvalue weighted by Crippen LogP contribution is 2.17. The fourth-order valence-corrected chi connectivity index (χ4v) is 1.77. The zero-order chi connectivity index (χ0) is 15.3. The lowest BCUT2D eigenvalue weighted by molar-refractivity contribution is -0.146. The van der Waals surface area contributed by atoms with Crippen molar-refractivity contribution in [1.82, 2.24) is 10.6 Å². The number of carbonyl (C=O) groups excluding carboxylic acids is 1. The third kappa shape index (κ3) is 4.26. The van der Waals surface area contributed by atoms with Crippen LogP contribution in [0.4, 0.5) is 4.79 Å². The maximum atomic E-state index is 11.8. The average Bonchev–Trinajstić information content (AvgIpc) is 2.36. The number of nitrogens with one attached hydrogen (secondary N) is 2. The predicted molar refractivity (Wildman–Crippen MR) is 77.5 cm³/mol. The van der Waals surface area contributed by atoms with Gasteiger partial charge in [-0.3, -0.25) is 4.79 Å². The Balaban J connectivity index is 2.55. The summed E-state index contributed by atoms with van der Waals surface area (Å²) < 4.78 is 0. The SMILES string of the molecule is Cc1ccccc1C(C)NC(=O)NCC(C)(C)C(=O)O. The third-order valence-electron chi connectivity index (χ3n) is 3.27. The maximum absolute atomic E-state index is 11.8. The van der Waals surface area contributed by atoms with Gasteiger partial charge in [0.05, 0.1) is 11.5 Å². The highest BCUT2D eigenvalue weighted by Gasteiger charge is 2.27. The minimum absolute atomic E-state index is 0.0780. The fourth-order valence-electron chi connectivity index (χ4n) is 1.77. The summed E-state index contributed by atoms with van der Waals surface area (Å²) in [6.07, 6.45) is 0. The van der Waals surface area contributed by atoms with Crippen LogP contribution < -0.4 is 10.6 Å². The van der Waals surface area contributed by atoms with Gasteiger partial charge in [0.1, 0.15) is 0 Å². The summed E-state index contributed by atoms with van der Waals surface area (Å²) in [7, 11) is 0. The summed E-state index contributed by atoms with van der Waals surface area (Å²) in [6, 6.07) is 7.31. The molecular weight excluding hydrogens is 256 g/mol. The summed E-state index contributed by atoms with van der Waals surface area (Å²) >= 11 is 0. The zero-order valence-corrected chi connectivity index (χ0v) is 12.4. The molecule has 1 rings (SSSR count). The number of carbonyl (C=O) groups is 2. The highest BCUT2D eigenvalue weighted by molar-refractivity contribution is 5.77. The second kappa shape index (κ2) is 6.41. The summed E-state index contributed by atoms with van der Waals surface area (Å²) in [5.74, 6) is -0.940. The van der Waals surface area contributed by atoms with Gasteiger partial charge in [-0.1, -0.05) is 24.3 Å². The Morgan fingerprint density at radius 1 is 1.30 bits per heavy atom. The van der Waals surface area contributed by atoms with Gasteiger partial charge in [0.25, 0.3) is 0 Å². The molecule has 5 nitrogen and oxygen atoms in total. The number of amides is 2. The Hall–Kier alpha value is -2.04. The molecule has 0 saturated heterocycles. The minimum atomic E-state index is -0.983. The first-order valence-corrected chi connectivity index (χ1v) is 6.57. The smallest absolute Gasteiger partial charge is 0.315 e. The Labute approximate surface area is 119 Å². The van der Waals surface area contributed by atoms with Gasteiger partial charge >= 0.3 is 12.0 Å². The van der Waals surface area contributed by atoms with E-state index < -0.39 is 11.4 Å². The van der Waals surface area contributed by atoms with Crippen LogP contribution in [-0.4, -0.2) is 23.7 Å². The van der Waals surface area contributed by atoms with Gasteiger partial charge in [-0.25, -0.2) is 4.79 Å². The molecule has 20 heavy (non-hydrogen) atoms. The quantitative estimate of drug-likeness (QED) is 0.774. The van der Waals surface area contributed by atoms with E-state index in [0.717, 1.165) is 11.1 Å². The standard InChI is InChI=1S/C15H22N2O3/c1-10-7-5-6-8-12(10)11(2)17-14(20)16-9-15(3,4)13(18)19/h5-8,11H,9H2,1-4H3,(H,18,19)(H2,16,17,20). The van der Waals surface area contributed by atoms with Gasteiger partial charge in [-0.05, 0) is 38.8 Å². The van der Waals surface area contributed by atoms with Gasteiger partial charge in [0.15, 0.2) is 0 Å². The molecule has 0 radical (unpaired) electrons. The fraction of sp³-hybridized carbons (Fsp3) is 0.467. The molecule has 2 amide bonds. The molecule has 0 fully saturated rings. The van der Waals surface area contributed by atoms with E-state index in [9.17, 15) is 9.59 Å². The van der Waals surface area contributed by atoms with E-state index in [1.165, 1.54) is 0 Å². The van der Waals surface area contributed by atoms with Crippen LogP contribution in [0.3, 0.4) is 0 Å². The van der Waals surface area contributed by atoms with Crippen LogP contribution in [0.15, 0.2) is 24.3 Å². The number of rotatable bonds is 5. The Morgan fingerprint density at radius 2 is 1.90 bits per heavy atom. The molecule has 0 bridgehead atoms. The van der Waals surface area contributed by atoms with Crippen molar-refractivity contribution < 1.29 is 14.7 Å². The molecule has 0 aliphatic rings. The van der Waals surface area contributed by atoms with Gasteiger partial charge in [-0.15, -0.1) is 0 Å². The number of benzene rings is 1. The number of aryl methyl sites for hydroxylation is 1. The number of carboxylic acids is 1. The lowest BCUT2D eigenvalue weighted by Crippen LogP contribution is -2.44. The molecule has 0 aliphatic carbocycles. The first kappa shape index (κ1) is 16.0. The molecule has 1 unspecified atom stereocenters. The lowest BCUT2D eigenvalue weighted by atomic mass is 9.94. The van der Waals surface area contributed by atoms with Crippen molar-refractivity contribution >= 4 is 12.0 Å². The molecule has 0 heterocycles. The van der Waals surface area contributed by atoms with Crippen molar-refractivity contribution in [1.29, 1.82) is 0 Å². The molecule has 110 valence electrons. The predicted octanol–water partition coefficient (Wildman–Crippen LogP) is 2.47. The Kier molecular flexibility index (Phi) is 5.13. The van der Waals surface area contributed by atoms with Crippen LogP contribution in [-0.2, 0) is 4.79 Å². The molecule has 0 aliphatic heterocycles. The van der Waals surface area contributed by atoms with Crippen molar-refractivity contribution in [3.05, 3.63) is 35.4 Å². The van der Waals surface area contributed by atoms with E-state index in [0.29, 0.717) is 0 Å². The summed E-state index contributed by atoms with van der Waals surface area (Å²) in [5, 5.41) is 14.4. The maximum Gasteiger partial charge on any atom is 0.315 e. The first-order valence-electron chi connectivity index (χ1n) is 6.57. The van der Waals surface area contributed by atoms with Crippen molar-refractivity contribution in [3.63, 3.8) is 0 Å².